The zero-order chi connectivity index (χ0) is 8.55. The van der Waals surface area contributed by atoms with Crippen LogP contribution in [0.5, 0.6) is 0 Å². The molecule has 0 spiro atoms. The lowest BCUT2D eigenvalue weighted by atomic mass is 10.2. The number of carbonyl (C=O) groups is 1. The van der Waals surface area contributed by atoms with Crippen molar-refractivity contribution in [1.82, 2.24) is 9.78 Å². The molecule has 0 radical (unpaired) electrons. The number of hydrogen-bond acceptors (Lipinski definition) is 4. The molecule has 0 aromatic carbocycles. The third-order valence-electron chi connectivity index (χ3n) is 1.69. The molecule has 1 aliphatic heterocycles. The van der Waals surface area contributed by atoms with Crippen molar-refractivity contribution >= 4 is 11.7 Å². The first-order valence-corrected chi connectivity index (χ1v) is 3.52. The molecule has 1 aliphatic rings. The Balaban J connectivity index is 2.33. The quantitative estimate of drug-likeness (QED) is 0.553. The Bertz CT molecular complexity index is 353. The van der Waals surface area contributed by atoms with Crippen LogP contribution in [0.15, 0.2) is 17.4 Å². The topological polar surface area (TPSA) is 56.5 Å². The van der Waals surface area contributed by atoms with Crippen LogP contribution < -0.4 is 0 Å². The first-order valence-electron chi connectivity index (χ1n) is 3.52. The largest absolute Gasteiger partial charge is 0.341 e. The maximum Gasteiger partial charge on any atom is 0.341 e. The zero-order valence-corrected chi connectivity index (χ0v) is 6.52. The van der Waals surface area contributed by atoms with Gasteiger partial charge in [-0.3, -0.25) is 4.68 Å². The summed E-state index contributed by atoms with van der Waals surface area (Å²) in [5.41, 5.74) is 1.46. The average Bonchev–Trinajstić information content (AvgIpc) is 2.58. The smallest absolute Gasteiger partial charge is 0.317 e. The van der Waals surface area contributed by atoms with E-state index in [1.165, 1.54) is 0 Å². The first kappa shape index (κ1) is 7.02. The van der Waals surface area contributed by atoms with Crippen LogP contribution in [0.25, 0.3) is 0 Å². The highest BCUT2D eigenvalue weighted by Gasteiger charge is 2.20. The van der Waals surface area contributed by atoms with E-state index in [9.17, 15) is 4.79 Å². The molecule has 62 valence electrons. The van der Waals surface area contributed by atoms with Crippen molar-refractivity contribution in [3.8, 4) is 0 Å². The van der Waals surface area contributed by atoms with Crippen molar-refractivity contribution in [2.24, 2.45) is 12.2 Å². The van der Waals surface area contributed by atoms with Crippen LogP contribution in [0, 0.1) is 0 Å². The summed E-state index contributed by atoms with van der Waals surface area (Å²) in [6, 6.07) is 1.79. The molecule has 1 aromatic heterocycles. The average molecular weight is 165 g/mol. The molecule has 0 saturated heterocycles. The van der Waals surface area contributed by atoms with Gasteiger partial charge in [0.25, 0.3) is 0 Å². The van der Waals surface area contributed by atoms with Crippen LogP contribution in [-0.4, -0.2) is 21.5 Å². The third-order valence-corrected chi connectivity index (χ3v) is 1.69. The number of oxime groups is 1. The molecule has 12 heavy (non-hydrogen) atoms. The van der Waals surface area contributed by atoms with Crippen molar-refractivity contribution in [1.29, 1.82) is 0 Å². The Morgan fingerprint density at radius 2 is 2.50 bits per heavy atom. The second-order valence-electron chi connectivity index (χ2n) is 2.52. The highest BCUT2D eigenvalue weighted by molar-refractivity contribution is 6.10. The monoisotopic (exact) mass is 165 g/mol. The molecule has 5 nitrogen and oxygen atoms in total. The molecule has 1 aromatic rings. The molecule has 0 aliphatic carbocycles. The predicted molar refractivity (Wildman–Crippen MR) is 40.5 cm³/mol. The van der Waals surface area contributed by atoms with Crippen LogP contribution in [0.3, 0.4) is 0 Å². The molecule has 0 unspecified atom stereocenters. The number of rotatable bonds is 1. The Hall–Kier alpha value is -1.65. The summed E-state index contributed by atoms with van der Waals surface area (Å²) < 4.78 is 1.65. The zero-order valence-electron chi connectivity index (χ0n) is 6.52. The van der Waals surface area contributed by atoms with Crippen molar-refractivity contribution in [2.75, 3.05) is 0 Å². The van der Waals surface area contributed by atoms with Gasteiger partial charge >= 0.3 is 5.97 Å². The fraction of sp³-hybridized carbons (Fsp3) is 0.286. The number of hydrogen-bond donors (Lipinski definition) is 0. The van der Waals surface area contributed by atoms with E-state index in [1.54, 1.807) is 24.0 Å². The standard InChI is InChI=1S/C7H7N3O2/c1-10-6(2-3-8-10)5-4-7(11)12-9-5/h2-3H,4H2,1H3. The molecule has 0 saturated carbocycles. The highest BCUT2D eigenvalue weighted by atomic mass is 16.7. The molecule has 5 heteroatoms. The highest BCUT2D eigenvalue weighted by Crippen LogP contribution is 2.10. The van der Waals surface area contributed by atoms with Gasteiger partial charge in [-0.2, -0.15) is 5.10 Å². The number of carbonyl (C=O) groups excluding carboxylic acids is 1. The molecule has 0 N–H and O–H groups in total. The second kappa shape index (κ2) is 2.44. The van der Waals surface area contributed by atoms with Gasteiger partial charge in [0.15, 0.2) is 0 Å². The van der Waals surface area contributed by atoms with Crippen molar-refractivity contribution in [3.05, 3.63) is 18.0 Å². The van der Waals surface area contributed by atoms with Gasteiger partial charge in [0, 0.05) is 13.2 Å². The van der Waals surface area contributed by atoms with Crippen LogP contribution in [-0.2, 0) is 16.7 Å². The summed E-state index contributed by atoms with van der Waals surface area (Å²) in [6.07, 6.45) is 1.89. The summed E-state index contributed by atoms with van der Waals surface area (Å²) in [6.45, 7) is 0. The maximum atomic E-state index is 10.7. The van der Waals surface area contributed by atoms with Crippen molar-refractivity contribution < 1.29 is 9.63 Å². The van der Waals surface area contributed by atoms with Gasteiger partial charge in [0.2, 0.25) is 0 Å². The molecular weight excluding hydrogens is 158 g/mol. The lowest BCUT2D eigenvalue weighted by Crippen LogP contribution is -2.07. The Labute approximate surface area is 68.6 Å². The third kappa shape index (κ3) is 0.990. The van der Waals surface area contributed by atoms with Gasteiger partial charge in [-0.05, 0) is 6.07 Å². The minimum atomic E-state index is -0.314. The van der Waals surface area contributed by atoms with Gasteiger partial charge < -0.3 is 4.84 Å². The Morgan fingerprint density at radius 1 is 1.67 bits per heavy atom. The number of aryl methyl sites for hydroxylation is 1. The molecule has 0 bridgehead atoms. The lowest BCUT2D eigenvalue weighted by molar-refractivity contribution is -0.140. The van der Waals surface area contributed by atoms with E-state index in [0.29, 0.717) is 5.71 Å². The summed E-state index contributed by atoms with van der Waals surface area (Å²) in [5, 5.41) is 7.58. The van der Waals surface area contributed by atoms with Crippen LogP contribution >= 0.6 is 0 Å². The van der Waals surface area contributed by atoms with E-state index >= 15 is 0 Å². The van der Waals surface area contributed by atoms with Gasteiger partial charge in [0.05, 0.1) is 12.1 Å². The summed E-state index contributed by atoms with van der Waals surface area (Å²) in [4.78, 5) is 15.1. The SMILES string of the molecule is Cn1nccc1C1=NOC(=O)C1. The summed E-state index contributed by atoms with van der Waals surface area (Å²) in [7, 11) is 1.79. The fourth-order valence-corrected chi connectivity index (χ4v) is 1.10. The molecule has 2 heterocycles. The summed E-state index contributed by atoms with van der Waals surface area (Å²) >= 11 is 0. The Kier molecular flexibility index (Phi) is 1.43. The molecule has 2 rings (SSSR count). The van der Waals surface area contributed by atoms with Crippen molar-refractivity contribution in [3.63, 3.8) is 0 Å². The van der Waals surface area contributed by atoms with Crippen LogP contribution in [0.2, 0.25) is 0 Å². The predicted octanol–water partition coefficient (Wildman–Crippen LogP) is 0.0711. The van der Waals surface area contributed by atoms with Gasteiger partial charge in [-0.15, -0.1) is 0 Å². The van der Waals surface area contributed by atoms with E-state index in [0.717, 1.165) is 5.69 Å². The van der Waals surface area contributed by atoms with Gasteiger partial charge in [-0.1, -0.05) is 5.16 Å². The minimum absolute atomic E-state index is 0.236. The fourth-order valence-electron chi connectivity index (χ4n) is 1.10. The van der Waals surface area contributed by atoms with E-state index in [1.807, 2.05) is 0 Å². The second-order valence-corrected chi connectivity index (χ2v) is 2.52. The van der Waals surface area contributed by atoms with E-state index in [4.69, 9.17) is 0 Å². The Morgan fingerprint density at radius 3 is 3.00 bits per heavy atom. The number of nitrogens with zero attached hydrogens (tertiary/aromatic N) is 3. The van der Waals surface area contributed by atoms with E-state index in [2.05, 4.69) is 15.1 Å². The maximum absolute atomic E-state index is 10.7. The normalized spacial score (nSPS) is 16.1. The first-order chi connectivity index (χ1) is 5.77. The van der Waals surface area contributed by atoms with Crippen molar-refractivity contribution in [2.45, 2.75) is 6.42 Å². The van der Waals surface area contributed by atoms with E-state index in [-0.39, 0.29) is 12.4 Å². The molecule has 0 atom stereocenters. The summed E-state index contributed by atoms with van der Waals surface area (Å²) in [5.74, 6) is -0.314. The van der Waals surface area contributed by atoms with Gasteiger partial charge in [-0.25, -0.2) is 4.79 Å². The van der Waals surface area contributed by atoms with Gasteiger partial charge in [0.1, 0.15) is 5.71 Å². The minimum Gasteiger partial charge on any atom is -0.317 e. The van der Waals surface area contributed by atoms with Crippen LogP contribution in [0.1, 0.15) is 12.1 Å². The van der Waals surface area contributed by atoms with Crippen LogP contribution in [0.4, 0.5) is 0 Å². The molecule has 0 amide bonds. The molecule has 0 fully saturated rings. The number of aromatic nitrogens is 2. The van der Waals surface area contributed by atoms with E-state index < -0.39 is 0 Å². The molecular formula is C7H7N3O2. The lowest BCUT2D eigenvalue weighted by Gasteiger charge is -1.95.